The molecule has 3 rings (SSSR count). The summed E-state index contributed by atoms with van der Waals surface area (Å²) in [7, 11) is 6.28. The van der Waals surface area contributed by atoms with Crippen LogP contribution in [0.25, 0.3) is 0 Å². The Labute approximate surface area is 171 Å². The first kappa shape index (κ1) is 20.8. The molecule has 2 aromatic rings. The fourth-order valence-corrected chi connectivity index (χ4v) is 3.54. The number of piperazine rings is 1. The molecule has 0 aliphatic carbocycles. The molecular formula is C22H28N2O5. The molecule has 1 heterocycles. The van der Waals surface area contributed by atoms with E-state index in [1.165, 1.54) is 19.8 Å². The first-order chi connectivity index (χ1) is 14.1. The van der Waals surface area contributed by atoms with Gasteiger partial charge < -0.3 is 23.8 Å². The molecule has 0 spiro atoms. The number of methoxy groups -OCH3 is 4. The average molecular weight is 400 g/mol. The third-order valence-electron chi connectivity index (χ3n) is 5.16. The molecule has 1 fully saturated rings. The maximum absolute atomic E-state index is 13.1. The van der Waals surface area contributed by atoms with Gasteiger partial charge in [0.25, 0.3) is 5.91 Å². The van der Waals surface area contributed by atoms with E-state index in [9.17, 15) is 4.79 Å². The first-order valence-electron chi connectivity index (χ1n) is 9.54. The molecule has 0 saturated carbocycles. The Morgan fingerprint density at radius 3 is 2.00 bits per heavy atom. The summed E-state index contributed by atoms with van der Waals surface area (Å²) >= 11 is 0. The van der Waals surface area contributed by atoms with Crippen LogP contribution in [0, 0.1) is 0 Å². The zero-order chi connectivity index (χ0) is 20.8. The number of amides is 1. The van der Waals surface area contributed by atoms with Crippen molar-refractivity contribution in [3.05, 3.63) is 47.5 Å². The van der Waals surface area contributed by atoms with Crippen LogP contribution in [0.2, 0.25) is 0 Å². The lowest BCUT2D eigenvalue weighted by Gasteiger charge is -2.35. The van der Waals surface area contributed by atoms with Crippen LogP contribution >= 0.6 is 0 Å². The molecule has 156 valence electrons. The van der Waals surface area contributed by atoms with Gasteiger partial charge in [-0.2, -0.15) is 0 Å². The van der Waals surface area contributed by atoms with Gasteiger partial charge in [0, 0.05) is 32.7 Å². The van der Waals surface area contributed by atoms with E-state index in [0.717, 1.165) is 25.4 Å². The molecule has 1 aliphatic heterocycles. The second-order valence-electron chi connectivity index (χ2n) is 6.80. The van der Waals surface area contributed by atoms with Crippen LogP contribution in [0.4, 0.5) is 0 Å². The van der Waals surface area contributed by atoms with E-state index < -0.39 is 0 Å². The number of benzene rings is 2. The molecule has 1 aliphatic rings. The maximum atomic E-state index is 13.1. The molecule has 7 heteroatoms. The van der Waals surface area contributed by atoms with E-state index in [0.29, 0.717) is 35.9 Å². The molecule has 2 aromatic carbocycles. The van der Waals surface area contributed by atoms with Crippen LogP contribution in [0.3, 0.4) is 0 Å². The number of hydrogen-bond donors (Lipinski definition) is 0. The van der Waals surface area contributed by atoms with E-state index in [-0.39, 0.29) is 5.91 Å². The number of hydrogen-bond acceptors (Lipinski definition) is 6. The fourth-order valence-electron chi connectivity index (χ4n) is 3.54. The van der Waals surface area contributed by atoms with E-state index in [4.69, 9.17) is 18.9 Å². The van der Waals surface area contributed by atoms with Crippen LogP contribution in [-0.4, -0.2) is 70.3 Å². The summed E-state index contributed by atoms with van der Waals surface area (Å²) in [6.45, 7) is 3.80. The van der Waals surface area contributed by atoms with Crippen molar-refractivity contribution in [1.29, 1.82) is 0 Å². The summed E-state index contributed by atoms with van der Waals surface area (Å²) in [5.41, 5.74) is 1.71. The summed E-state index contributed by atoms with van der Waals surface area (Å²) < 4.78 is 21.4. The van der Waals surface area contributed by atoms with Gasteiger partial charge in [-0.05, 0) is 29.8 Å². The van der Waals surface area contributed by atoms with Gasteiger partial charge in [-0.3, -0.25) is 9.69 Å². The number of carbonyl (C=O) groups is 1. The lowest BCUT2D eigenvalue weighted by Crippen LogP contribution is -2.48. The summed E-state index contributed by atoms with van der Waals surface area (Å²) in [6, 6.07) is 11.5. The number of rotatable bonds is 7. The smallest absolute Gasteiger partial charge is 0.257 e. The molecule has 0 atom stereocenters. The molecule has 0 bridgehead atoms. The molecular weight excluding hydrogens is 372 g/mol. The summed E-state index contributed by atoms with van der Waals surface area (Å²) in [5.74, 6) is 2.15. The third-order valence-corrected chi connectivity index (χ3v) is 5.16. The van der Waals surface area contributed by atoms with Gasteiger partial charge in [0.1, 0.15) is 5.75 Å². The normalized spacial score (nSPS) is 14.4. The van der Waals surface area contributed by atoms with Gasteiger partial charge in [-0.15, -0.1) is 0 Å². The highest BCUT2D eigenvalue weighted by Gasteiger charge is 2.27. The highest BCUT2D eigenvalue weighted by Crippen LogP contribution is 2.40. The zero-order valence-corrected chi connectivity index (χ0v) is 17.4. The number of nitrogens with zero attached hydrogens (tertiary/aromatic N) is 2. The van der Waals surface area contributed by atoms with Gasteiger partial charge in [-0.25, -0.2) is 0 Å². The van der Waals surface area contributed by atoms with Gasteiger partial charge in [-0.1, -0.05) is 12.1 Å². The Kier molecular flexibility index (Phi) is 6.82. The monoisotopic (exact) mass is 400 g/mol. The van der Waals surface area contributed by atoms with Crippen LogP contribution in [0.15, 0.2) is 36.4 Å². The van der Waals surface area contributed by atoms with E-state index >= 15 is 0 Å². The quantitative estimate of drug-likeness (QED) is 0.712. The Bertz CT molecular complexity index is 830. The Morgan fingerprint density at radius 1 is 0.793 bits per heavy atom. The van der Waals surface area contributed by atoms with Gasteiger partial charge in [0.2, 0.25) is 5.75 Å². The summed E-state index contributed by atoms with van der Waals surface area (Å²) in [5, 5.41) is 0. The van der Waals surface area contributed by atoms with Crippen LogP contribution in [0.5, 0.6) is 23.0 Å². The van der Waals surface area contributed by atoms with Crippen molar-refractivity contribution in [3.8, 4) is 23.0 Å². The minimum absolute atomic E-state index is 0.0631. The molecule has 1 amide bonds. The minimum atomic E-state index is -0.0631. The van der Waals surface area contributed by atoms with Crippen molar-refractivity contribution >= 4 is 5.91 Å². The second-order valence-corrected chi connectivity index (χ2v) is 6.80. The Hall–Kier alpha value is -2.93. The Morgan fingerprint density at radius 2 is 1.45 bits per heavy atom. The van der Waals surface area contributed by atoms with Gasteiger partial charge in [0.15, 0.2) is 11.5 Å². The second kappa shape index (κ2) is 9.52. The SMILES string of the molecule is COc1ccc(CN2CCN(C(=O)c3ccc(OC)c(OC)c3OC)CC2)cc1. The largest absolute Gasteiger partial charge is 0.497 e. The first-order valence-corrected chi connectivity index (χ1v) is 9.54. The topological polar surface area (TPSA) is 60.5 Å². The molecule has 0 aromatic heterocycles. The number of carbonyl (C=O) groups excluding carboxylic acids is 1. The van der Waals surface area contributed by atoms with E-state index in [1.807, 2.05) is 17.0 Å². The predicted octanol–water partition coefficient (Wildman–Crippen LogP) is 2.68. The lowest BCUT2D eigenvalue weighted by atomic mass is 10.1. The third kappa shape index (κ3) is 4.56. The van der Waals surface area contributed by atoms with Crippen molar-refractivity contribution in [3.63, 3.8) is 0 Å². The van der Waals surface area contributed by atoms with Crippen LogP contribution < -0.4 is 18.9 Å². The van der Waals surface area contributed by atoms with Crippen molar-refractivity contribution < 1.29 is 23.7 Å². The van der Waals surface area contributed by atoms with Crippen molar-refractivity contribution in [1.82, 2.24) is 9.80 Å². The molecule has 1 saturated heterocycles. The highest BCUT2D eigenvalue weighted by molar-refractivity contribution is 5.98. The maximum Gasteiger partial charge on any atom is 0.257 e. The molecule has 0 N–H and O–H groups in total. The average Bonchev–Trinajstić information content (AvgIpc) is 2.78. The molecule has 29 heavy (non-hydrogen) atoms. The molecule has 7 nitrogen and oxygen atoms in total. The van der Waals surface area contributed by atoms with E-state index in [2.05, 4.69) is 17.0 Å². The summed E-state index contributed by atoms with van der Waals surface area (Å²) in [6.07, 6.45) is 0. The lowest BCUT2D eigenvalue weighted by molar-refractivity contribution is 0.0624. The van der Waals surface area contributed by atoms with Crippen molar-refractivity contribution in [2.45, 2.75) is 6.54 Å². The highest BCUT2D eigenvalue weighted by atomic mass is 16.5. The van der Waals surface area contributed by atoms with Crippen LogP contribution in [-0.2, 0) is 6.54 Å². The van der Waals surface area contributed by atoms with E-state index in [1.54, 1.807) is 26.4 Å². The fraction of sp³-hybridized carbons (Fsp3) is 0.409. The Balaban J connectivity index is 1.65. The zero-order valence-electron chi connectivity index (χ0n) is 17.4. The molecule has 0 radical (unpaired) electrons. The minimum Gasteiger partial charge on any atom is -0.497 e. The van der Waals surface area contributed by atoms with Gasteiger partial charge in [0.05, 0.1) is 34.0 Å². The van der Waals surface area contributed by atoms with Gasteiger partial charge >= 0.3 is 0 Å². The van der Waals surface area contributed by atoms with Crippen molar-refractivity contribution in [2.24, 2.45) is 0 Å². The number of ether oxygens (including phenoxy) is 4. The predicted molar refractivity (Wildman–Crippen MR) is 110 cm³/mol. The van der Waals surface area contributed by atoms with Crippen LogP contribution in [0.1, 0.15) is 15.9 Å². The molecule has 0 unspecified atom stereocenters. The standard InChI is InChI=1S/C22H28N2O5/c1-26-17-7-5-16(6-8-17)15-23-11-13-24(14-12-23)22(25)18-9-10-19(27-2)21(29-4)20(18)28-3/h5-10H,11-15H2,1-4H3. The van der Waals surface area contributed by atoms with Crippen molar-refractivity contribution in [2.75, 3.05) is 54.6 Å². The summed E-state index contributed by atoms with van der Waals surface area (Å²) in [4.78, 5) is 17.3.